The van der Waals surface area contributed by atoms with E-state index in [-0.39, 0.29) is 7.92 Å². The molecule has 1 rings (SSSR count). The summed E-state index contributed by atoms with van der Waals surface area (Å²) < 4.78 is 5.55. The van der Waals surface area contributed by atoms with Gasteiger partial charge < -0.3 is 9.84 Å². The zero-order chi connectivity index (χ0) is 11.3. The van der Waals surface area contributed by atoms with Gasteiger partial charge in [-0.3, -0.25) is 0 Å². The Balaban J connectivity index is 2.23. The molecule has 0 aromatic heterocycles. The second kappa shape index (κ2) is 7.17. The van der Waals surface area contributed by atoms with E-state index >= 15 is 0 Å². The van der Waals surface area contributed by atoms with Crippen LogP contribution in [-0.4, -0.2) is 54.2 Å². The monoisotopic (exact) mass is 250 g/mol. The van der Waals surface area contributed by atoms with Crippen molar-refractivity contribution in [3.8, 4) is 0 Å². The Morgan fingerprint density at radius 3 is 2.53 bits per heavy atom. The maximum Gasteiger partial charge on any atom is 0.0531 e. The molecule has 0 spiro atoms. The fourth-order valence-corrected chi connectivity index (χ4v) is 6.50. The molecule has 0 bridgehead atoms. The molecule has 1 unspecified atom stereocenters. The first-order valence-electron chi connectivity index (χ1n) is 5.83. The van der Waals surface area contributed by atoms with Crippen molar-refractivity contribution in [1.29, 1.82) is 0 Å². The fourth-order valence-electron chi connectivity index (χ4n) is 1.98. The maximum absolute atomic E-state index is 8.97. The number of hydrogen-bond donors (Lipinski definition) is 1. The van der Waals surface area contributed by atoms with E-state index in [1.807, 2.05) is 0 Å². The summed E-state index contributed by atoms with van der Waals surface area (Å²) in [6.45, 7) is 9.09. The van der Waals surface area contributed by atoms with Crippen molar-refractivity contribution in [3.63, 3.8) is 0 Å². The third-order valence-electron chi connectivity index (χ3n) is 2.99. The van der Waals surface area contributed by atoms with Gasteiger partial charge in [-0.05, 0) is 18.0 Å². The van der Waals surface area contributed by atoms with Crippen molar-refractivity contribution in [3.05, 3.63) is 0 Å². The van der Waals surface area contributed by atoms with Gasteiger partial charge in [0.2, 0.25) is 0 Å². The topological polar surface area (TPSA) is 29.5 Å². The summed E-state index contributed by atoms with van der Waals surface area (Å²) >= 11 is 0. The maximum atomic E-state index is 8.97. The molecule has 1 saturated heterocycles. The van der Waals surface area contributed by atoms with Gasteiger partial charge in [0.25, 0.3) is 0 Å². The van der Waals surface area contributed by atoms with E-state index in [1.54, 1.807) is 0 Å². The van der Waals surface area contributed by atoms with Gasteiger partial charge in [-0.2, -0.15) is 0 Å². The summed E-state index contributed by atoms with van der Waals surface area (Å²) in [5.74, 6) is 0. The second-order valence-corrected chi connectivity index (χ2v) is 9.64. The zero-order valence-corrected chi connectivity index (χ0v) is 12.0. The van der Waals surface area contributed by atoms with Gasteiger partial charge in [-0.25, -0.2) is 0 Å². The quantitative estimate of drug-likeness (QED) is 0.759. The van der Waals surface area contributed by atoms with Gasteiger partial charge in [0, 0.05) is 17.9 Å². The van der Waals surface area contributed by atoms with Crippen molar-refractivity contribution in [2.75, 3.05) is 32.1 Å². The molecule has 0 aromatic carbocycles. The first-order valence-corrected chi connectivity index (χ1v) is 8.77. The largest absolute Gasteiger partial charge is 0.396 e. The molecule has 1 N–H and O–H groups in total. The van der Waals surface area contributed by atoms with Crippen LogP contribution in [0.3, 0.4) is 0 Å². The molecule has 90 valence electrons. The van der Waals surface area contributed by atoms with E-state index in [1.165, 1.54) is 12.3 Å². The third kappa shape index (κ3) is 4.65. The van der Waals surface area contributed by atoms with Crippen molar-refractivity contribution in [2.24, 2.45) is 0 Å². The molecule has 0 amide bonds. The first-order chi connectivity index (χ1) is 7.15. The minimum absolute atomic E-state index is 0.170. The highest BCUT2D eigenvalue weighted by Gasteiger charge is 2.27. The molecule has 1 heterocycles. The Morgan fingerprint density at radius 2 is 2.00 bits per heavy atom. The predicted molar refractivity (Wildman–Crippen MR) is 71.3 cm³/mol. The lowest BCUT2D eigenvalue weighted by Crippen LogP contribution is -2.28. The van der Waals surface area contributed by atoms with E-state index < -0.39 is 0 Å². The normalized spacial score (nSPS) is 31.2. The number of hydrogen-bond acceptors (Lipinski definition) is 2. The number of ether oxygens (including phenoxy) is 1. The van der Waals surface area contributed by atoms with Crippen LogP contribution in [0.25, 0.3) is 0 Å². The van der Waals surface area contributed by atoms with Crippen molar-refractivity contribution < 1.29 is 9.84 Å². The summed E-state index contributed by atoms with van der Waals surface area (Å²) in [4.78, 5) is 0. The molecule has 0 aromatic rings. The van der Waals surface area contributed by atoms with Gasteiger partial charge in [0.05, 0.1) is 13.2 Å². The van der Waals surface area contributed by atoms with Crippen LogP contribution in [0.4, 0.5) is 0 Å². The molecule has 4 heteroatoms. The standard InChI is InChI=1S/C11H24O2P2/c1-9(6-12)14-4-5-15-10(2)7-13-8-11(15)3/h9-12,14H,4-8H2,1-3H3/t9-,10-,11-/m1/s1. The summed E-state index contributed by atoms with van der Waals surface area (Å²) in [5, 5.41) is 8.97. The average Bonchev–Trinajstić information content (AvgIpc) is 2.22. The van der Waals surface area contributed by atoms with Crippen LogP contribution in [0.15, 0.2) is 0 Å². The van der Waals surface area contributed by atoms with Gasteiger partial charge in [-0.15, -0.1) is 8.58 Å². The third-order valence-corrected chi connectivity index (χ3v) is 8.13. The van der Waals surface area contributed by atoms with Gasteiger partial charge in [0.1, 0.15) is 0 Å². The SMILES string of the molecule is C[C@H](CO)PCCP1[C@H](C)COC[C@H]1C. The molecule has 15 heavy (non-hydrogen) atoms. The van der Waals surface area contributed by atoms with Crippen LogP contribution >= 0.6 is 16.5 Å². The minimum Gasteiger partial charge on any atom is -0.396 e. The van der Waals surface area contributed by atoms with E-state index in [9.17, 15) is 0 Å². The van der Waals surface area contributed by atoms with Crippen molar-refractivity contribution in [1.82, 2.24) is 0 Å². The van der Waals surface area contributed by atoms with E-state index in [0.29, 0.717) is 12.3 Å². The zero-order valence-electron chi connectivity index (χ0n) is 10.1. The van der Waals surface area contributed by atoms with Gasteiger partial charge in [0.15, 0.2) is 0 Å². The highest BCUT2D eigenvalue weighted by atomic mass is 31.1. The lowest BCUT2D eigenvalue weighted by atomic mass is 10.4. The number of aliphatic hydroxyl groups is 1. The Labute approximate surface area is 96.7 Å². The highest BCUT2D eigenvalue weighted by molar-refractivity contribution is 7.60. The number of aliphatic hydroxyl groups excluding tert-OH is 1. The summed E-state index contributed by atoms with van der Waals surface area (Å²) in [5.41, 5.74) is 2.06. The molecular weight excluding hydrogens is 226 g/mol. The van der Waals surface area contributed by atoms with E-state index in [4.69, 9.17) is 9.84 Å². The molecule has 2 nitrogen and oxygen atoms in total. The van der Waals surface area contributed by atoms with Gasteiger partial charge in [-0.1, -0.05) is 28.7 Å². The first kappa shape index (κ1) is 13.8. The molecular formula is C11H24O2P2. The highest BCUT2D eigenvalue weighted by Crippen LogP contribution is 2.49. The molecule has 4 atom stereocenters. The van der Waals surface area contributed by atoms with Crippen LogP contribution in [0, 0.1) is 0 Å². The van der Waals surface area contributed by atoms with Gasteiger partial charge >= 0.3 is 0 Å². The molecule has 0 aliphatic carbocycles. The Morgan fingerprint density at radius 1 is 1.40 bits per heavy atom. The van der Waals surface area contributed by atoms with Crippen LogP contribution in [0.5, 0.6) is 0 Å². The second-order valence-electron chi connectivity index (χ2n) is 4.51. The van der Waals surface area contributed by atoms with E-state index in [0.717, 1.165) is 33.1 Å². The lowest BCUT2D eigenvalue weighted by Gasteiger charge is -2.35. The van der Waals surface area contributed by atoms with Crippen molar-refractivity contribution in [2.45, 2.75) is 37.7 Å². The Hall–Kier alpha value is 0.780. The summed E-state index contributed by atoms with van der Waals surface area (Å²) in [6.07, 6.45) is 2.69. The Bertz CT molecular complexity index is 168. The predicted octanol–water partition coefficient (Wildman–Crippen LogP) is 2.33. The van der Waals surface area contributed by atoms with Crippen LogP contribution in [0.2, 0.25) is 0 Å². The van der Waals surface area contributed by atoms with Crippen LogP contribution < -0.4 is 0 Å². The average molecular weight is 250 g/mol. The summed E-state index contributed by atoms with van der Waals surface area (Å²) in [7, 11) is 1.11. The van der Waals surface area contributed by atoms with Crippen LogP contribution in [-0.2, 0) is 4.74 Å². The smallest absolute Gasteiger partial charge is 0.0531 e. The Kier molecular flexibility index (Phi) is 6.62. The fraction of sp³-hybridized carbons (Fsp3) is 1.00. The minimum atomic E-state index is 0.170. The molecule has 1 aliphatic rings. The molecule has 1 fully saturated rings. The molecule has 1 aliphatic heterocycles. The van der Waals surface area contributed by atoms with Crippen molar-refractivity contribution >= 4 is 16.5 Å². The summed E-state index contributed by atoms with van der Waals surface area (Å²) in [6, 6.07) is 0. The lowest BCUT2D eigenvalue weighted by molar-refractivity contribution is 0.128. The van der Waals surface area contributed by atoms with Crippen LogP contribution in [0.1, 0.15) is 20.8 Å². The molecule has 0 saturated carbocycles. The molecule has 0 radical (unpaired) electrons. The van der Waals surface area contributed by atoms with E-state index in [2.05, 4.69) is 20.8 Å². The number of rotatable bonds is 5.